The Morgan fingerprint density at radius 3 is 2.64 bits per heavy atom. The van der Waals surface area contributed by atoms with Crippen molar-refractivity contribution in [3.05, 3.63) is 57.3 Å². The molecule has 2 aromatic carbocycles. The maximum atomic E-state index is 13.2. The van der Waals surface area contributed by atoms with Crippen LogP contribution in [0.2, 0.25) is 5.02 Å². The monoisotopic (exact) mass is 444 g/mol. The van der Waals surface area contributed by atoms with E-state index in [4.69, 9.17) is 28.6 Å². The van der Waals surface area contributed by atoms with E-state index in [1.165, 1.54) is 18.2 Å². The highest BCUT2D eigenvalue weighted by atomic mass is 79.9. The van der Waals surface area contributed by atoms with Gasteiger partial charge in [0, 0.05) is 10.2 Å². The summed E-state index contributed by atoms with van der Waals surface area (Å²) >= 11 is 14.2. The third-order valence-electron chi connectivity index (χ3n) is 2.95. The summed E-state index contributed by atoms with van der Waals surface area (Å²) in [5.74, 6) is -0.516. The Labute approximate surface area is 163 Å². The highest BCUT2D eigenvalue weighted by Crippen LogP contribution is 2.24. The third-order valence-corrected chi connectivity index (χ3v) is 3.94. The molecular weight excluding hydrogens is 431 g/mol. The van der Waals surface area contributed by atoms with Gasteiger partial charge in [0.25, 0.3) is 5.91 Å². The molecule has 2 aromatic rings. The molecule has 8 heteroatoms. The maximum absolute atomic E-state index is 13.2. The van der Waals surface area contributed by atoms with Crippen molar-refractivity contribution < 1.29 is 13.9 Å². The molecule has 0 unspecified atom stereocenters. The lowest BCUT2D eigenvalue weighted by Crippen LogP contribution is -2.34. The Balaban J connectivity index is 2.11. The van der Waals surface area contributed by atoms with Gasteiger partial charge >= 0.3 is 0 Å². The van der Waals surface area contributed by atoms with Gasteiger partial charge in [-0.1, -0.05) is 27.5 Å². The van der Waals surface area contributed by atoms with Crippen molar-refractivity contribution in [3.63, 3.8) is 0 Å². The molecule has 0 atom stereocenters. The standard InChI is InChI=1S/C17H15BrClFN2O2S/c1-9(2)24-15-6-3-10(18)7-12(15)16(23)22-17(25)21-11-4-5-14(20)13(19)8-11/h3-9H,1-2H3,(H2,21,22,23,25). The second-order valence-electron chi connectivity index (χ2n) is 5.34. The first-order chi connectivity index (χ1) is 11.8. The zero-order valence-corrected chi connectivity index (χ0v) is 16.6. The summed E-state index contributed by atoms with van der Waals surface area (Å²) in [7, 11) is 0. The molecule has 0 aliphatic heterocycles. The number of amides is 1. The van der Waals surface area contributed by atoms with Crippen molar-refractivity contribution >= 4 is 56.5 Å². The molecule has 0 radical (unpaired) electrons. The van der Waals surface area contributed by atoms with Gasteiger partial charge in [-0.15, -0.1) is 0 Å². The van der Waals surface area contributed by atoms with Crippen molar-refractivity contribution in [2.24, 2.45) is 0 Å². The van der Waals surface area contributed by atoms with Crippen LogP contribution in [-0.4, -0.2) is 17.1 Å². The number of halogens is 3. The van der Waals surface area contributed by atoms with Gasteiger partial charge in [-0.2, -0.15) is 0 Å². The lowest BCUT2D eigenvalue weighted by molar-refractivity contribution is 0.0972. The smallest absolute Gasteiger partial charge is 0.261 e. The van der Waals surface area contributed by atoms with Crippen LogP contribution in [0.4, 0.5) is 10.1 Å². The highest BCUT2D eigenvalue weighted by molar-refractivity contribution is 9.10. The number of hydrogen-bond acceptors (Lipinski definition) is 3. The van der Waals surface area contributed by atoms with E-state index in [0.29, 0.717) is 17.0 Å². The van der Waals surface area contributed by atoms with E-state index in [2.05, 4.69) is 26.6 Å². The Bertz CT molecular complexity index is 817. The fourth-order valence-corrected chi connectivity index (χ4v) is 2.70. The average molecular weight is 446 g/mol. The van der Waals surface area contributed by atoms with E-state index in [1.807, 2.05) is 13.8 Å². The van der Waals surface area contributed by atoms with E-state index in [0.717, 1.165) is 4.47 Å². The van der Waals surface area contributed by atoms with Gasteiger partial charge in [0.2, 0.25) is 0 Å². The van der Waals surface area contributed by atoms with Crippen LogP contribution >= 0.6 is 39.7 Å². The Morgan fingerprint density at radius 1 is 1.28 bits per heavy atom. The van der Waals surface area contributed by atoms with Crippen molar-refractivity contribution in [2.75, 3.05) is 5.32 Å². The molecule has 132 valence electrons. The second-order valence-corrected chi connectivity index (χ2v) is 7.08. The molecule has 0 aliphatic carbocycles. The van der Waals surface area contributed by atoms with Crippen LogP contribution in [-0.2, 0) is 0 Å². The van der Waals surface area contributed by atoms with Crippen molar-refractivity contribution in [1.29, 1.82) is 0 Å². The minimum atomic E-state index is -0.535. The molecule has 0 aliphatic rings. The quantitative estimate of drug-likeness (QED) is 0.639. The summed E-state index contributed by atoms with van der Waals surface area (Å²) < 4.78 is 19.6. The van der Waals surface area contributed by atoms with Crippen LogP contribution < -0.4 is 15.4 Å². The fourth-order valence-electron chi connectivity index (χ4n) is 1.94. The Hall–Kier alpha value is -1.70. The molecule has 2 rings (SSSR count). The van der Waals surface area contributed by atoms with Gasteiger partial charge in [0.15, 0.2) is 5.11 Å². The predicted molar refractivity (Wildman–Crippen MR) is 105 cm³/mol. The molecule has 25 heavy (non-hydrogen) atoms. The molecule has 0 saturated carbocycles. The van der Waals surface area contributed by atoms with Gasteiger partial charge in [-0.05, 0) is 62.5 Å². The average Bonchev–Trinajstić information content (AvgIpc) is 2.52. The molecule has 4 nitrogen and oxygen atoms in total. The van der Waals surface area contributed by atoms with Gasteiger partial charge in [-0.3, -0.25) is 10.1 Å². The summed E-state index contributed by atoms with van der Waals surface area (Å²) in [4.78, 5) is 12.5. The first-order valence-electron chi connectivity index (χ1n) is 7.30. The molecule has 0 aromatic heterocycles. The Kier molecular flexibility index (Phi) is 6.75. The molecular formula is C17H15BrClFN2O2S. The fraction of sp³-hybridized carbons (Fsp3) is 0.176. The summed E-state index contributed by atoms with van der Waals surface area (Å²) in [6.07, 6.45) is -0.0841. The zero-order chi connectivity index (χ0) is 18.6. The van der Waals surface area contributed by atoms with E-state index in [1.54, 1.807) is 18.2 Å². The number of rotatable bonds is 4. The van der Waals surface area contributed by atoms with Gasteiger partial charge in [0.1, 0.15) is 11.6 Å². The van der Waals surface area contributed by atoms with Crippen molar-refractivity contribution in [1.82, 2.24) is 5.32 Å². The SMILES string of the molecule is CC(C)Oc1ccc(Br)cc1C(=O)NC(=S)Nc1ccc(F)c(Cl)c1. The summed E-state index contributed by atoms with van der Waals surface area (Å²) in [6.45, 7) is 3.74. The second kappa shape index (κ2) is 8.60. The van der Waals surface area contributed by atoms with Crippen LogP contribution in [0.1, 0.15) is 24.2 Å². The molecule has 1 amide bonds. The number of ether oxygens (including phenoxy) is 1. The summed E-state index contributed by atoms with van der Waals surface area (Å²) in [5, 5.41) is 5.36. The zero-order valence-electron chi connectivity index (χ0n) is 13.4. The molecule has 2 N–H and O–H groups in total. The van der Waals surface area contributed by atoms with Crippen molar-refractivity contribution in [3.8, 4) is 5.75 Å². The number of hydrogen-bond donors (Lipinski definition) is 2. The van der Waals surface area contributed by atoms with Crippen LogP contribution in [0.5, 0.6) is 5.75 Å². The maximum Gasteiger partial charge on any atom is 0.261 e. The third kappa shape index (κ3) is 5.66. The van der Waals surface area contributed by atoms with Crippen molar-refractivity contribution in [2.45, 2.75) is 20.0 Å². The normalized spacial score (nSPS) is 10.5. The number of carbonyl (C=O) groups is 1. The number of anilines is 1. The first-order valence-corrected chi connectivity index (χ1v) is 8.88. The topological polar surface area (TPSA) is 50.4 Å². The first kappa shape index (κ1) is 19.6. The number of carbonyl (C=O) groups excluding carboxylic acids is 1. The van der Waals surface area contributed by atoms with E-state index >= 15 is 0 Å². The summed E-state index contributed by atoms with van der Waals surface area (Å²) in [5.41, 5.74) is 0.800. The lowest BCUT2D eigenvalue weighted by Gasteiger charge is -2.15. The highest BCUT2D eigenvalue weighted by Gasteiger charge is 2.16. The minimum absolute atomic E-state index is 0.0428. The lowest BCUT2D eigenvalue weighted by atomic mass is 10.2. The van der Waals surface area contributed by atoms with Gasteiger partial charge in [0.05, 0.1) is 16.7 Å². The molecule has 0 heterocycles. The Morgan fingerprint density at radius 2 is 2.00 bits per heavy atom. The molecule has 0 fully saturated rings. The number of nitrogens with one attached hydrogen (secondary N) is 2. The van der Waals surface area contributed by atoms with E-state index in [-0.39, 0.29) is 16.2 Å². The number of thiocarbonyl (C=S) groups is 1. The molecule has 0 spiro atoms. The van der Waals surface area contributed by atoms with Crippen LogP contribution in [0.3, 0.4) is 0 Å². The van der Waals surface area contributed by atoms with Crippen LogP contribution in [0.15, 0.2) is 40.9 Å². The van der Waals surface area contributed by atoms with Gasteiger partial charge < -0.3 is 10.1 Å². The molecule has 0 saturated heterocycles. The summed E-state index contributed by atoms with van der Waals surface area (Å²) in [6, 6.07) is 9.18. The van der Waals surface area contributed by atoms with E-state index in [9.17, 15) is 9.18 Å². The molecule has 0 bridgehead atoms. The largest absolute Gasteiger partial charge is 0.490 e. The minimum Gasteiger partial charge on any atom is -0.490 e. The van der Waals surface area contributed by atoms with Gasteiger partial charge in [-0.25, -0.2) is 4.39 Å². The predicted octanol–water partition coefficient (Wildman–Crippen LogP) is 5.16. The number of benzene rings is 2. The van der Waals surface area contributed by atoms with E-state index < -0.39 is 11.7 Å². The van der Waals surface area contributed by atoms with Crippen LogP contribution in [0, 0.1) is 5.82 Å². The van der Waals surface area contributed by atoms with Crippen LogP contribution in [0.25, 0.3) is 0 Å².